The molecule has 1 N–H and O–H groups in total. The van der Waals surface area contributed by atoms with E-state index in [1.165, 1.54) is 25.7 Å². The third kappa shape index (κ3) is 2.69. The molecule has 0 aliphatic heterocycles. The molecule has 0 aromatic carbocycles. The highest BCUT2D eigenvalue weighted by molar-refractivity contribution is 7.09. The van der Waals surface area contributed by atoms with Gasteiger partial charge in [-0.25, -0.2) is 4.98 Å². The molecule has 0 amide bonds. The van der Waals surface area contributed by atoms with Gasteiger partial charge in [0, 0.05) is 12.6 Å². The minimum atomic E-state index is -4.36. The Morgan fingerprint density at radius 3 is 2.39 bits per heavy atom. The molecule has 1 aromatic heterocycles. The van der Waals surface area contributed by atoms with Gasteiger partial charge in [0.2, 0.25) is 0 Å². The topological polar surface area (TPSA) is 24.9 Å². The van der Waals surface area contributed by atoms with E-state index in [-0.39, 0.29) is 11.4 Å². The summed E-state index contributed by atoms with van der Waals surface area (Å²) < 4.78 is 37.9. The van der Waals surface area contributed by atoms with Crippen LogP contribution in [0, 0.1) is 17.3 Å². The lowest BCUT2D eigenvalue weighted by Crippen LogP contribution is -2.32. The zero-order valence-electron chi connectivity index (χ0n) is 9.76. The first kappa shape index (κ1) is 12.4. The number of thiazole rings is 1. The van der Waals surface area contributed by atoms with Crippen molar-refractivity contribution in [1.29, 1.82) is 0 Å². The molecule has 18 heavy (non-hydrogen) atoms. The number of rotatable bonds is 5. The normalized spacial score (nSPS) is 20.7. The summed E-state index contributed by atoms with van der Waals surface area (Å²) >= 11 is 0.964. The Bertz CT molecular complexity index is 409. The zero-order valence-corrected chi connectivity index (χ0v) is 10.6. The predicted octanol–water partition coefficient (Wildman–Crippen LogP) is 3.24. The Morgan fingerprint density at radius 2 is 1.89 bits per heavy atom. The fraction of sp³-hybridized carbons (Fsp3) is 0.750. The molecule has 0 saturated heterocycles. The average Bonchev–Trinajstić information content (AvgIpc) is 3.18. The number of halogens is 3. The first-order chi connectivity index (χ1) is 8.55. The van der Waals surface area contributed by atoms with E-state index < -0.39 is 11.9 Å². The van der Waals surface area contributed by atoms with E-state index in [2.05, 4.69) is 15.8 Å². The smallest absolute Gasteiger partial charge is 0.308 e. The minimum Gasteiger partial charge on any atom is -0.308 e. The fourth-order valence-corrected chi connectivity index (χ4v) is 3.08. The molecule has 0 atom stereocenters. The maximum absolute atomic E-state index is 12.6. The molecule has 2 aliphatic rings. The second kappa shape index (κ2) is 4.49. The van der Waals surface area contributed by atoms with Crippen LogP contribution in [-0.4, -0.2) is 11.0 Å². The van der Waals surface area contributed by atoms with Crippen molar-refractivity contribution in [2.24, 2.45) is 11.8 Å². The first-order valence-corrected chi connectivity index (χ1v) is 7.03. The van der Waals surface area contributed by atoms with Gasteiger partial charge < -0.3 is 5.32 Å². The van der Waals surface area contributed by atoms with Crippen molar-refractivity contribution in [1.82, 2.24) is 10.3 Å². The molecule has 2 aliphatic carbocycles. The molecule has 2 saturated carbocycles. The summed E-state index contributed by atoms with van der Waals surface area (Å²) in [6.07, 6.45) is 0.511. The highest BCUT2D eigenvalue weighted by atomic mass is 32.1. The number of hydrogen-bond donors (Lipinski definition) is 1. The van der Waals surface area contributed by atoms with E-state index in [0.717, 1.165) is 11.3 Å². The number of aromatic nitrogens is 1. The average molecular weight is 275 g/mol. The van der Waals surface area contributed by atoms with E-state index in [1.807, 2.05) is 0 Å². The summed E-state index contributed by atoms with van der Waals surface area (Å²) in [5, 5.41) is 3.31. The molecule has 3 rings (SSSR count). The third-order valence-electron chi connectivity index (χ3n) is 3.62. The van der Waals surface area contributed by atoms with Crippen molar-refractivity contribution >= 4 is 11.3 Å². The van der Waals surface area contributed by atoms with Crippen molar-refractivity contribution in [3.8, 4) is 0 Å². The zero-order chi connectivity index (χ0) is 12.8. The van der Waals surface area contributed by atoms with Crippen molar-refractivity contribution < 1.29 is 13.2 Å². The first-order valence-electron chi connectivity index (χ1n) is 6.22. The molecule has 0 bridgehead atoms. The van der Waals surface area contributed by atoms with Gasteiger partial charge in [0.25, 0.3) is 0 Å². The summed E-state index contributed by atoms with van der Waals surface area (Å²) in [6, 6.07) is 0.410. The van der Waals surface area contributed by atoms with Crippen LogP contribution in [0.25, 0.3) is 0 Å². The van der Waals surface area contributed by atoms with E-state index in [9.17, 15) is 13.2 Å². The van der Waals surface area contributed by atoms with Crippen LogP contribution in [0.15, 0.2) is 0 Å². The van der Waals surface area contributed by atoms with Crippen molar-refractivity contribution in [2.75, 3.05) is 0 Å². The molecule has 1 radical (unpaired) electrons. The molecule has 6 heteroatoms. The van der Waals surface area contributed by atoms with E-state index in [0.29, 0.717) is 17.9 Å². The maximum Gasteiger partial charge on any atom is 0.434 e. The number of hydrogen-bond acceptors (Lipinski definition) is 3. The number of nitrogens with zero attached hydrogens (tertiary/aromatic N) is 1. The quantitative estimate of drug-likeness (QED) is 0.892. The third-order valence-corrected chi connectivity index (χ3v) is 4.38. The van der Waals surface area contributed by atoms with Crippen LogP contribution in [0.4, 0.5) is 13.2 Å². The van der Waals surface area contributed by atoms with Crippen LogP contribution in [0.1, 0.15) is 36.3 Å². The largest absolute Gasteiger partial charge is 0.434 e. The van der Waals surface area contributed by atoms with Gasteiger partial charge in [-0.1, -0.05) is 0 Å². The van der Waals surface area contributed by atoms with Gasteiger partial charge >= 0.3 is 6.18 Å². The summed E-state index contributed by atoms with van der Waals surface area (Å²) in [5.41, 5.74) is 1.58. The van der Waals surface area contributed by atoms with E-state index in [1.54, 1.807) is 0 Å². The standard InChI is InChI=1S/C12H14F3N2S/c13-12(14,15)11-9(18-6-17-11)5-16-10(7-1-2-7)8-3-4-8/h7-8,10,16H,1-5H2. The monoisotopic (exact) mass is 275 g/mol. The lowest BCUT2D eigenvalue weighted by atomic mass is 10.1. The van der Waals surface area contributed by atoms with Gasteiger partial charge in [-0.05, 0) is 37.5 Å². The van der Waals surface area contributed by atoms with Crippen LogP contribution in [0.5, 0.6) is 0 Å². The number of alkyl halides is 3. The molecule has 2 nitrogen and oxygen atoms in total. The van der Waals surface area contributed by atoms with Crippen LogP contribution < -0.4 is 5.32 Å². The molecule has 0 unspecified atom stereocenters. The lowest BCUT2D eigenvalue weighted by molar-refractivity contribution is -0.141. The van der Waals surface area contributed by atoms with Crippen LogP contribution in [0.2, 0.25) is 0 Å². The molecule has 1 heterocycles. The highest BCUT2D eigenvalue weighted by Gasteiger charge is 2.42. The van der Waals surface area contributed by atoms with Gasteiger partial charge in [-0.3, -0.25) is 0 Å². The summed E-state index contributed by atoms with van der Waals surface area (Å²) in [6.45, 7) is 0.272. The molecular weight excluding hydrogens is 261 g/mol. The molecule has 2 fully saturated rings. The van der Waals surface area contributed by atoms with Crippen LogP contribution >= 0.6 is 11.3 Å². The Hall–Kier alpha value is -0.620. The van der Waals surface area contributed by atoms with Crippen molar-refractivity contribution in [3.63, 3.8) is 0 Å². The van der Waals surface area contributed by atoms with Crippen LogP contribution in [-0.2, 0) is 12.7 Å². The fourth-order valence-electron chi connectivity index (χ4n) is 2.41. The Kier molecular flexibility index (Phi) is 3.10. The SMILES string of the molecule is FC(F)(F)c1n[c]sc1CNC(C1CC1)C1CC1. The van der Waals surface area contributed by atoms with Gasteiger partial charge in [0.1, 0.15) is 0 Å². The summed E-state index contributed by atoms with van der Waals surface area (Å²) in [5.74, 6) is 1.37. The molecule has 1 aromatic rings. The molecular formula is C12H14F3N2S. The Labute approximate surface area is 108 Å². The summed E-state index contributed by atoms with van der Waals surface area (Å²) in [4.78, 5) is 3.57. The predicted molar refractivity (Wildman–Crippen MR) is 62.0 cm³/mol. The highest BCUT2D eigenvalue weighted by Crippen LogP contribution is 2.44. The van der Waals surface area contributed by atoms with E-state index in [4.69, 9.17) is 0 Å². The van der Waals surface area contributed by atoms with E-state index >= 15 is 0 Å². The van der Waals surface area contributed by atoms with Gasteiger partial charge in [-0.2, -0.15) is 13.2 Å². The van der Waals surface area contributed by atoms with Crippen molar-refractivity contribution in [2.45, 2.75) is 44.4 Å². The maximum atomic E-state index is 12.6. The van der Waals surface area contributed by atoms with Crippen LogP contribution in [0.3, 0.4) is 0 Å². The van der Waals surface area contributed by atoms with Gasteiger partial charge in [0.15, 0.2) is 11.2 Å². The second-order valence-corrected chi connectivity index (χ2v) is 6.04. The number of nitrogens with one attached hydrogen (secondary N) is 1. The van der Waals surface area contributed by atoms with Gasteiger partial charge in [0.05, 0.1) is 4.88 Å². The molecule has 0 spiro atoms. The van der Waals surface area contributed by atoms with Gasteiger partial charge in [-0.15, -0.1) is 11.3 Å². The second-order valence-electron chi connectivity index (χ2n) is 5.16. The lowest BCUT2D eigenvalue weighted by Gasteiger charge is -2.17. The Balaban J connectivity index is 1.64. The van der Waals surface area contributed by atoms with Crippen molar-refractivity contribution in [3.05, 3.63) is 16.1 Å². The minimum absolute atomic E-state index is 0.258. The Morgan fingerprint density at radius 1 is 1.28 bits per heavy atom. The molecule has 99 valence electrons. The summed E-state index contributed by atoms with van der Waals surface area (Å²) in [7, 11) is 0.